The Bertz CT molecular complexity index is 1100. The first-order valence-electron chi connectivity index (χ1n) is 9.99. The Morgan fingerprint density at radius 1 is 0.867 bits per heavy atom. The highest BCUT2D eigenvalue weighted by molar-refractivity contribution is 9.10. The summed E-state index contributed by atoms with van der Waals surface area (Å²) in [4.78, 5) is 7.21. The van der Waals surface area contributed by atoms with Gasteiger partial charge in [-0.2, -0.15) is 5.10 Å². The molecule has 30 heavy (non-hydrogen) atoms. The van der Waals surface area contributed by atoms with Crippen LogP contribution in [0, 0.1) is 0 Å². The number of hydrogen-bond acceptors (Lipinski definition) is 5. The van der Waals surface area contributed by atoms with E-state index in [1.807, 2.05) is 42.5 Å². The lowest BCUT2D eigenvalue weighted by Gasteiger charge is -2.29. The standard InChI is InChI=1S/C24H21BrN4O/c25-19-8-11-22-21(16-19)23(27-28-24(26-22)18-4-2-1-3-5-18)17-6-9-20(10-7-17)29-12-14-30-15-13-29/h1-11,16H,12-15H2,(H,26,28). The summed E-state index contributed by atoms with van der Waals surface area (Å²) in [6.45, 7) is 3.40. The number of nitrogens with one attached hydrogen (secondary N) is 1. The first-order chi connectivity index (χ1) is 14.8. The molecule has 0 radical (unpaired) electrons. The summed E-state index contributed by atoms with van der Waals surface area (Å²) >= 11 is 3.60. The van der Waals surface area contributed by atoms with Crippen LogP contribution in [-0.2, 0) is 4.74 Å². The monoisotopic (exact) mass is 460 g/mol. The van der Waals surface area contributed by atoms with Crippen LogP contribution in [0.5, 0.6) is 0 Å². The Labute approximate surface area is 184 Å². The van der Waals surface area contributed by atoms with E-state index in [4.69, 9.17) is 14.8 Å². The molecule has 2 heterocycles. The van der Waals surface area contributed by atoms with Crippen LogP contribution in [0.25, 0.3) is 0 Å². The molecule has 0 spiro atoms. The molecular formula is C24H21BrN4O. The topological polar surface area (TPSA) is 49.2 Å². The van der Waals surface area contributed by atoms with Crippen LogP contribution in [-0.4, -0.2) is 37.9 Å². The third-order valence-electron chi connectivity index (χ3n) is 5.28. The van der Waals surface area contributed by atoms with Gasteiger partial charge in [-0.25, -0.2) is 4.99 Å². The summed E-state index contributed by atoms with van der Waals surface area (Å²) in [5.74, 6) is 0.735. The van der Waals surface area contributed by atoms with Crippen molar-refractivity contribution in [3.8, 4) is 0 Å². The van der Waals surface area contributed by atoms with Gasteiger partial charge in [-0.3, -0.25) is 5.43 Å². The first-order valence-corrected chi connectivity index (χ1v) is 10.8. The number of aliphatic imine (C=N–C) groups is 1. The highest BCUT2D eigenvalue weighted by Crippen LogP contribution is 2.29. The maximum atomic E-state index is 5.46. The Hall–Kier alpha value is -2.96. The molecule has 150 valence electrons. The van der Waals surface area contributed by atoms with Crippen molar-refractivity contribution in [2.75, 3.05) is 31.2 Å². The molecule has 6 heteroatoms. The summed E-state index contributed by atoms with van der Waals surface area (Å²) in [6, 6.07) is 24.7. The largest absolute Gasteiger partial charge is 0.378 e. The zero-order chi connectivity index (χ0) is 20.3. The molecule has 1 saturated heterocycles. The van der Waals surface area contributed by atoms with E-state index in [1.165, 1.54) is 5.69 Å². The first kappa shape index (κ1) is 19.0. The summed E-state index contributed by atoms with van der Waals surface area (Å²) in [5.41, 5.74) is 9.18. The minimum atomic E-state index is 0.735. The van der Waals surface area contributed by atoms with Crippen LogP contribution in [0.1, 0.15) is 16.7 Å². The van der Waals surface area contributed by atoms with E-state index < -0.39 is 0 Å². The Morgan fingerprint density at radius 2 is 1.63 bits per heavy atom. The fraction of sp³-hybridized carbons (Fsp3) is 0.167. The number of ether oxygens (including phenoxy) is 1. The Kier molecular flexibility index (Phi) is 5.34. The van der Waals surface area contributed by atoms with Gasteiger partial charge < -0.3 is 9.64 Å². The lowest BCUT2D eigenvalue weighted by Crippen LogP contribution is -2.36. The Balaban J connectivity index is 1.53. The summed E-state index contributed by atoms with van der Waals surface area (Å²) in [7, 11) is 0. The molecule has 0 saturated carbocycles. The number of fused-ring (bicyclic) bond motifs is 1. The van der Waals surface area contributed by atoms with Gasteiger partial charge in [-0.05, 0) is 30.3 Å². The lowest BCUT2D eigenvalue weighted by atomic mass is 10.0. The molecular weight excluding hydrogens is 440 g/mol. The van der Waals surface area contributed by atoms with Gasteiger partial charge in [-0.15, -0.1) is 0 Å². The quantitative estimate of drug-likeness (QED) is 0.614. The molecule has 2 aliphatic heterocycles. The minimum Gasteiger partial charge on any atom is -0.378 e. The third kappa shape index (κ3) is 3.88. The van der Waals surface area contributed by atoms with E-state index in [9.17, 15) is 0 Å². The molecule has 0 unspecified atom stereocenters. The predicted molar refractivity (Wildman–Crippen MR) is 125 cm³/mol. The van der Waals surface area contributed by atoms with Gasteiger partial charge >= 0.3 is 0 Å². The second kappa shape index (κ2) is 8.42. The second-order valence-corrected chi connectivity index (χ2v) is 8.12. The molecule has 1 N–H and O–H groups in total. The molecule has 5 nitrogen and oxygen atoms in total. The fourth-order valence-corrected chi connectivity index (χ4v) is 4.07. The highest BCUT2D eigenvalue weighted by atomic mass is 79.9. The smallest absolute Gasteiger partial charge is 0.154 e. The predicted octanol–water partition coefficient (Wildman–Crippen LogP) is 4.72. The molecule has 2 aliphatic rings. The van der Waals surface area contributed by atoms with E-state index in [-0.39, 0.29) is 0 Å². The van der Waals surface area contributed by atoms with Crippen molar-refractivity contribution in [3.05, 3.63) is 94.0 Å². The van der Waals surface area contributed by atoms with E-state index in [0.717, 1.165) is 64.7 Å². The van der Waals surface area contributed by atoms with Crippen molar-refractivity contribution >= 4 is 38.9 Å². The number of morpholine rings is 1. The third-order valence-corrected chi connectivity index (χ3v) is 5.78. The van der Waals surface area contributed by atoms with Crippen LogP contribution in [0.2, 0.25) is 0 Å². The Morgan fingerprint density at radius 3 is 2.40 bits per heavy atom. The number of rotatable bonds is 3. The van der Waals surface area contributed by atoms with E-state index in [0.29, 0.717) is 0 Å². The minimum absolute atomic E-state index is 0.735. The second-order valence-electron chi connectivity index (χ2n) is 7.21. The fourth-order valence-electron chi connectivity index (χ4n) is 3.71. The maximum absolute atomic E-state index is 5.46. The average molecular weight is 461 g/mol. The SMILES string of the molecule is Brc1ccc2c(c1)C(c1ccc(N3CCOCC3)cc1)=NNC(c1ccccc1)=N2. The van der Waals surface area contributed by atoms with E-state index in [2.05, 4.69) is 56.6 Å². The van der Waals surface area contributed by atoms with Crippen LogP contribution >= 0.6 is 15.9 Å². The van der Waals surface area contributed by atoms with Crippen molar-refractivity contribution < 1.29 is 4.74 Å². The van der Waals surface area contributed by atoms with Gasteiger partial charge in [-0.1, -0.05) is 58.4 Å². The number of amidine groups is 1. The summed E-state index contributed by atoms with van der Waals surface area (Å²) in [6.07, 6.45) is 0. The van der Waals surface area contributed by atoms with Crippen molar-refractivity contribution in [1.82, 2.24) is 5.43 Å². The van der Waals surface area contributed by atoms with Gasteiger partial charge in [0.2, 0.25) is 0 Å². The summed E-state index contributed by atoms with van der Waals surface area (Å²) in [5, 5.41) is 4.76. The van der Waals surface area contributed by atoms with Crippen molar-refractivity contribution in [1.29, 1.82) is 0 Å². The molecule has 5 rings (SSSR count). The average Bonchev–Trinajstić information content (AvgIpc) is 3.00. The molecule has 3 aromatic rings. The number of hydrogen-bond donors (Lipinski definition) is 1. The molecule has 3 aromatic carbocycles. The van der Waals surface area contributed by atoms with Crippen LogP contribution in [0.15, 0.2) is 87.4 Å². The van der Waals surface area contributed by atoms with Gasteiger partial charge in [0.05, 0.1) is 18.9 Å². The molecule has 0 aliphatic carbocycles. The van der Waals surface area contributed by atoms with Crippen molar-refractivity contribution in [3.63, 3.8) is 0 Å². The summed E-state index contributed by atoms with van der Waals surface area (Å²) < 4.78 is 6.46. The molecule has 0 amide bonds. The van der Waals surface area contributed by atoms with Gasteiger partial charge in [0.25, 0.3) is 0 Å². The van der Waals surface area contributed by atoms with Crippen molar-refractivity contribution in [2.45, 2.75) is 0 Å². The molecule has 0 atom stereocenters. The lowest BCUT2D eigenvalue weighted by molar-refractivity contribution is 0.122. The van der Waals surface area contributed by atoms with Crippen LogP contribution in [0.3, 0.4) is 0 Å². The number of hydrazone groups is 1. The number of halogens is 1. The van der Waals surface area contributed by atoms with Gasteiger partial charge in [0.1, 0.15) is 5.71 Å². The highest BCUT2D eigenvalue weighted by Gasteiger charge is 2.18. The normalized spacial score (nSPS) is 16.1. The maximum Gasteiger partial charge on any atom is 0.154 e. The number of anilines is 1. The number of nitrogens with zero attached hydrogens (tertiary/aromatic N) is 3. The number of benzene rings is 3. The molecule has 1 fully saturated rings. The van der Waals surface area contributed by atoms with E-state index in [1.54, 1.807) is 0 Å². The molecule has 0 bridgehead atoms. The van der Waals surface area contributed by atoms with Crippen molar-refractivity contribution in [2.24, 2.45) is 10.1 Å². The van der Waals surface area contributed by atoms with Crippen LogP contribution < -0.4 is 10.3 Å². The van der Waals surface area contributed by atoms with Gasteiger partial charge in [0, 0.05) is 39.9 Å². The zero-order valence-corrected chi connectivity index (χ0v) is 18.0. The molecule has 0 aromatic heterocycles. The van der Waals surface area contributed by atoms with E-state index >= 15 is 0 Å². The zero-order valence-electron chi connectivity index (χ0n) is 16.4. The van der Waals surface area contributed by atoms with Gasteiger partial charge in [0.15, 0.2) is 5.84 Å². The van der Waals surface area contributed by atoms with Crippen LogP contribution in [0.4, 0.5) is 11.4 Å².